The zero-order chi connectivity index (χ0) is 18.4. The number of carbonyl (C=O) groups excluding carboxylic acids is 1. The van der Waals surface area contributed by atoms with Gasteiger partial charge < -0.3 is 10.6 Å². The average molecular weight is 346 g/mol. The minimum atomic E-state index is -0.196. The first-order valence-electron chi connectivity index (χ1n) is 8.61. The van der Waals surface area contributed by atoms with Crippen LogP contribution in [-0.4, -0.2) is 16.0 Å². The van der Waals surface area contributed by atoms with Gasteiger partial charge in [0.05, 0.1) is 12.1 Å². The minimum absolute atomic E-state index is 0.0850. The molecule has 2 aromatic heterocycles. The van der Waals surface area contributed by atoms with E-state index >= 15 is 0 Å². The van der Waals surface area contributed by atoms with E-state index in [0.29, 0.717) is 0 Å². The smallest absolute Gasteiger partial charge is 0.315 e. The summed E-state index contributed by atoms with van der Waals surface area (Å²) in [6, 6.07) is 15.5. The third kappa shape index (κ3) is 4.45. The third-order valence-corrected chi connectivity index (χ3v) is 4.31. The van der Waals surface area contributed by atoms with E-state index in [-0.39, 0.29) is 18.1 Å². The van der Waals surface area contributed by atoms with Gasteiger partial charge in [0, 0.05) is 24.8 Å². The Labute approximate surface area is 153 Å². The lowest BCUT2D eigenvalue weighted by Crippen LogP contribution is -2.38. The number of rotatable bonds is 5. The first kappa shape index (κ1) is 17.6. The first-order valence-corrected chi connectivity index (χ1v) is 8.61. The molecule has 2 N–H and O–H groups in total. The van der Waals surface area contributed by atoms with E-state index in [1.165, 1.54) is 0 Å². The highest BCUT2D eigenvalue weighted by Gasteiger charge is 2.13. The molecule has 0 unspecified atom stereocenters. The van der Waals surface area contributed by atoms with Gasteiger partial charge in [-0.15, -0.1) is 0 Å². The molecule has 0 fully saturated rings. The molecule has 3 aromatic rings. The summed E-state index contributed by atoms with van der Waals surface area (Å²) in [5, 5.41) is 5.93. The molecular weight excluding hydrogens is 324 g/mol. The van der Waals surface area contributed by atoms with Gasteiger partial charge in [0.2, 0.25) is 0 Å². The second-order valence-electron chi connectivity index (χ2n) is 6.21. The number of nitrogens with zero attached hydrogens (tertiary/aromatic N) is 2. The number of carbonyl (C=O) groups is 1. The molecule has 26 heavy (non-hydrogen) atoms. The normalized spacial score (nSPS) is 12.8. The molecule has 2 atom stereocenters. The molecule has 0 aliphatic carbocycles. The molecule has 0 bridgehead atoms. The fourth-order valence-electron chi connectivity index (χ4n) is 2.75. The van der Waals surface area contributed by atoms with E-state index in [9.17, 15) is 4.79 Å². The van der Waals surface area contributed by atoms with Crippen LogP contribution in [0.15, 0.2) is 73.3 Å². The third-order valence-electron chi connectivity index (χ3n) is 4.31. The van der Waals surface area contributed by atoms with Gasteiger partial charge in [0.25, 0.3) is 0 Å². The highest BCUT2D eigenvalue weighted by atomic mass is 16.2. The molecule has 2 heterocycles. The number of amides is 2. The lowest BCUT2D eigenvalue weighted by molar-refractivity contribution is 0.235. The standard InChI is InChI=1S/C21H22N4O/c1-15(24-21(26)25-16(2)18-9-12-22-13-10-18)17-5-7-19(8-6-17)20-4-3-11-23-14-20/h3-16H,1-2H3,(H2,24,25,26)/t15-,16+/m0/s1. The van der Waals surface area contributed by atoms with E-state index in [1.807, 2.05) is 68.6 Å². The maximum atomic E-state index is 12.3. The summed E-state index contributed by atoms with van der Waals surface area (Å²) in [5.74, 6) is 0. The van der Waals surface area contributed by atoms with Gasteiger partial charge in [-0.25, -0.2) is 4.79 Å². The van der Waals surface area contributed by atoms with Crippen molar-refractivity contribution in [3.63, 3.8) is 0 Å². The first-order chi connectivity index (χ1) is 12.6. The van der Waals surface area contributed by atoms with Crippen molar-refractivity contribution in [2.24, 2.45) is 0 Å². The van der Waals surface area contributed by atoms with Crippen LogP contribution in [0, 0.1) is 0 Å². The fraction of sp³-hybridized carbons (Fsp3) is 0.190. The van der Waals surface area contributed by atoms with Crippen LogP contribution >= 0.6 is 0 Å². The molecule has 5 heteroatoms. The molecule has 0 aliphatic rings. The molecule has 3 rings (SSSR count). The summed E-state index contributed by atoms with van der Waals surface area (Å²) in [6.07, 6.45) is 7.04. The lowest BCUT2D eigenvalue weighted by Gasteiger charge is -2.19. The molecule has 0 radical (unpaired) electrons. The highest BCUT2D eigenvalue weighted by molar-refractivity contribution is 5.75. The number of nitrogens with one attached hydrogen (secondary N) is 2. The van der Waals surface area contributed by atoms with Gasteiger partial charge in [0.1, 0.15) is 0 Å². The van der Waals surface area contributed by atoms with Crippen molar-refractivity contribution in [1.29, 1.82) is 0 Å². The zero-order valence-electron chi connectivity index (χ0n) is 14.9. The van der Waals surface area contributed by atoms with Crippen molar-refractivity contribution in [2.75, 3.05) is 0 Å². The summed E-state index contributed by atoms with van der Waals surface area (Å²) in [4.78, 5) is 20.4. The molecule has 1 aromatic carbocycles. The number of hydrogen-bond donors (Lipinski definition) is 2. The van der Waals surface area contributed by atoms with Crippen LogP contribution in [0.2, 0.25) is 0 Å². The van der Waals surface area contributed by atoms with Gasteiger partial charge in [-0.3, -0.25) is 9.97 Å². The van der Waals surface area contributed by atoms with Gasteiger partial charge in [-0.2, -0.15) is 0 Å². The Morgan fingerprint density at radius 2 is 1.38 bits per heavy atom. The average Bonchev–Trinajstić information content (AvgIpc) is 2.69. The summed E-state index contributed by atoms with van der Waals surface area (Å²) in [7, 11) is 0. The second-order valence-corrected chi connectivity index (χ2v) is 6.21. The Morgan fingerprint density at radius 1 is 0.769 bits per heavy atom. The quantitative estimate of drug-likeness (QED) is 0.725. The zero-order valence-corrected chi connectivity index (χ0v) is 14.9. The predicted octanol–water partition coefficient (Wildman–Crippen LogP) is 4.27. The van der Waals surface area contributed by atoms with Crippen LogP contribution in [0.5, 0.6) is 0 Å². The molecule has 0 aliphatic heterocycles. The van der Waals surface area contributed by atoms with Crippen molar-refractivity contribution in [3.8, 4) is 11.1 Å². The second kappa shape index (κ2) is 8.25. The van der Waals surface area contributed by atoms with E-state index in [2.05, 4.69) is 20.6 Å². The Morgan fingerprint density at radius 3 is 1.96 bits per heavy atom. The Bertz CT molecular complexity index is 835. The van der Waals surface area contributed by atoms with Gasteiger partial charge >= 0.3 is 6.03 Å². The largest absolute Gasteiger partial charge is 0.332 e. The number of urea groups is 1. The van der Waals surface area contributed by atoms with Crippen LogP contribution in [0.25, 0.3) is 11.1 Å². The van der Waals surface area contributed by atoms with Crippen LogP contribution in [0.4, 0.5) is 4.79 Å². The van der Waals surface area contributed by atoms with Gasteiger partial charge in [-0.1, -0.05) is 30.3 Å². The molecule has 0 saturated carbocycles. The molecular formula is C21H22N4O. The minimum Gasteiger partial charge on any atom is -0.332 e. The van der Waals surface area contributed by atoms with Crippen molar-refractivity contribution in [2.45, 2.75) is 25.9 Å². The SMILES string of the molecule is C[C@H](NC(=O)N[C@H](C)c1ccncc1)c1ccc(-c2cccnc2)cc1. The fourth-order valence-corrected chi connectivity index (χ4v) is 2.75. The van der Waals surface area contributed by atoms with E-state index in [1.54, 1.807) is 18.6 Å². The van der Waals surface area contributed by atoms with E-state index in [4.69, 9.17) is 0 Å². The van der Waals surface area contributed by atoms with Crippen molar-refractivity contribution >= 4 is 6.03 Å². The van der Waals surface area contributed by atoms with Crippen LogP contribution in [-0.2, 0) is 0 Å². The van der Waals surface area contributed by atoms with Crippen LogP contribution in [0.3, 0.4) is 0 Å². The molecule has 132 valence electrons. The lowest BCUT2D eigenvalue weighted by atomic mass is 10.0. The van der Waals surface area contributed by atoms with Gasteiger partial charge in [-0.05, 0) is 54.3 Å². The van der Waals surface area contributed by atoms with E-state index < -0.39 is 0 Å². The maximum absolute atomic E-state index is 12.3. The Hall–Kier alpha value is -3.21. The number of hydrogen-bond acceptors (Lipinski definition) is 3. The van der Waals surface area contributed by atoms with Crippen LogP contribution in [0.1, 0.15) is 37.1 Å². The number of benzene rings is 1. The molecule has 5 nitrogen and oxygen atoms in total. The van der Waals surface area contributed by atoms with Crippen molar-refractivity contribution < 1.29 is 4.79 Å². The summed E-state index contributed by atoms with van der Waals surface area (Å²) >= 11 is 0. The maximum Gasteiger partial charge on any atom is 0.315 e. The molecule has 0 saturated heterocycles. The Kier molecular flexibility index (Phi) is 5.59. The predicted molar refractivity (Wildman–Crippen MR) is 102 cm³/mol. The Balaban J connectivity index is 1.59. The van der Waals surface area contributed by atoms with Crippen molar-refractivity contribution in [3.05, 3.63) is 84.4 Å². The van der Waals surface area contributed by atoms with E-state index in [0.717, 1.165) is 22.3 Å². The van der Waals surface area contributed by atoms with Gasteiger partial charge in [0.15, 0.2) is 0 Å². The molecule has 2 amide bonds. The topological polar surface area (TPSA) is 66.9 Å². The monoisotopic (exact) mass is 346 g/mol. The highest BCUT2D eigenvalue weighted by Crippen LogP contribution is 2.21. The van der Waals surface area contributed by atoms with Crippen molar-refractivity contribution in [1.82, 2.24) is 20.6 Å². The number of pyridine rings is 2. The summed E-state index contributed by atoms with van der Waals surface area (Å²) in [5.41, 5.74) is 4.24. The summed E-state index contributed by atoms with van der Waals surface area (Å²) in [6.45, 7) is 3.91. The number of aromatic nitrogens is 2. The summed E-state index contributed by atoms with van der Waals surface area (Å²) < 4.78 is 0. The van der Waals surface area contributed by atoms with Crippen LogP contribution < -0.4 is 10.6 Å². The molecule has 0 spiro atoms.